The highest BCUT2D eigenvalue weighted by Crippen LogP contribution is 2.64. The lowest BCUT2D eigenvalue weighted by molar-refractivity contribution is -0.777. The van der Waals surface area contributed by atoms with E-state index < -0.39 is 71.7 Å². The highest BCUT2D eigenvalue weighted by atomic mass is 32.2. The first-order chi connectivity index (χ1) is 33.5. The van der Waals surface area contributed by atoms with Crippen LogP contribution in [0.3, 0.4) is 0 Å². The van der Waals surface area contributed by atoms with Crippen molar-refractivity contribution in [3.8, 4) is 0 Å². The van der Waals surface area contributed by atoms with E-state index in [2.05, 4.69) is 55.5 Å². The quantitative estimate of drug-likeness (QED) is 0.0185. The molecule has 1 aliphatic heterocycles. The molecule has 0 saturated carbocycles. The number of anilines is 3. The first-order valence-corrected chi connectivity index (χ1v) is 29.7. The second-order valence-corrected chi connectivity index (χ2v) is 24.5. The number of benzene rings is 4. The molecule has 1 saturated heterocycles. The lowest BCUT2D eigenvalue weighted by atomic mass is 10.1. The number of aliphatic hydroxyl groups excluding tert-OH is 1. The molecule has 6 aromatic rings. The Morgan fingerprint density at radius 3 is 1.89 bits per heavy atom. The number of nitrogens with zero attached hydrogens (tertiary/aromatic N) is 4. The minimum absolute atomic E-state index is 0.0226. The van der Waals surface area contributed by atoms with Gasteiger partial charge in [0, 0.05) is 39.3 Å². The van der Waals surface area contributed by atoms with Gasteiger partial charge in [-0.1, -0.05) is 48.5 Å². The van der Waals surface area contributed by atoms with Crippen molar-refractivity contribution < 1.29 is 123 Å². The molecule has 0 radical (unpaired) electrons. The Kier molecular flexibility index (Phi) is 20.6. The average molecular weight is 1170 g/mol. The Bertz CT molecular complexity index is 3150. The minimum Gasteiger partial charge on any atom is -0.778 e. The van der Waals surface area contributed by atoms with E-state index in [9.17, 15) is 67.5 Å². The van der Waals surface area contributed by atoms with Gasteiger partial charge in [0.2, 0.25) is 0 Å². The summed E-state index contributed by atoms with van der Waals surface area (Å²) in [6.07, 6.45) is -0.847. The van der Waals surface area contributed by atoms with Gasteiger partial charge in [0.1, 0.15) is 31.8 Å². The predicted octanol–water partition coefficient (Wildman–Crippen LogP) is 1.06. The van der Waals surface area contributed by atoms with Crippen LogP contribution in [0.2, 0.25) is 0 Å². The summed E-state index contributed by atoms with van der Waals surface area (Å²) in [5.74, 6) is 0.112. The van der Waals surface area contributed by atoms with Crippen LogP contribution in [0.5, 0.6) is 0 Å². The zero-order valence-electron chi connectivity index (χ0n) is 35.4. The first-order valence-electron chi connectivity index (χ1n) is 18.7. The van der Waals surface area contributed by atoms with Crippen LogP contribution in [0.15, 0.2) is 95.2 Å². The summed E-state index contributed by atoms with van der Waals surface area (Å²) in [5, 5.41) is 41.0. The standard InChI is InChI=1S/C11H14NO11P3S.C10H16N5O12P3.C10H9NO3S/c1-24(14,15)22-26(18,19)23-25(16,17)12-10-6-2-5-9-8(10)4-3-7-11(9)27-21-20-13;11-9-8-10(13-3-12-9)15(4-14-8)7-1-5(16)6(25-7)2-24-29(20,21)27-30(22,23)26-28(17,18)19;11-9-5-1-4-8-7(9)3-2-6-10(8)15-14-13-12/h2-7,13H,1H3,(H,14,15)(H,18,19)(H2,12,16,17);3-7,16H,1-2H2,(H,20,21)(H,22,23)(H2,11,12,13)(H2,17,18,19);1-6,12H,11H2/p-6/t;5?,6-,7-;/m.1./s1. The monoisotopic (exact) mass is 1170 g/mol. The molecule has 33 nitrogen and oxygen atoms in total. The zero-order chi connectivity index (χ0) is 53.3. The van der Waals surface area contributed by atoms with E-state index in [4.69, 9.17) is 26.0 Å². The van der Waals surface area contributed by atoms with E-state index in [1.807, 2.05) is 41.5 Å². The number of hydrogen-bond acceptors (Lipinski definition) is 30. The van der Waals surface area contributed by atoms with Crippen LogP contribution < -0.4 is 46.6 Å². The van der Waals surface area contributed by atoms with Gasteiger partial charge in [-0.2, -0.15) is 8.67 Å². The van der Waals surface area contributed by atoms with E-state index in [1.54, 1.807) is 12.1 Å². The lowest BCUT2D eigenvalue weighted by Crippen LogP contribution is -2.27. The van der Waals surface area contributed by atoms with Crippen LogP contribution in [0, 0.1) is 0 Å². The van der Waals surface area contributed by atoms with Gasteiger partial charge < -0.3 is 75.2 Å². The number of phosphoric acid groups is 4. The molecule has 0 aliphatic carbocycles. The van der Waals surface area contributed by atoms with Crippen molar-refractivity contribution in [3.63, 3.8) is 0 Å². The molecule has 4 aromatic carbocycles. The maximum Gasteiger partial charge on any atom is 0.476 e. The maximum absolute atomic E-state index is 12.1. The average Bonchev–Trinajstić information content (AvgIpc) is 3.86. The SMILES string of the molecule is CP(=O)([O-])OP(=O)([O-])OP(=O)(O)Nc1cccc2c(SOO[O-])cccc12.Nc1cccc2c(SOO[O-])cccc12.Nc1ncnc2c1ncn2[C@H]1CC(O)[C@@H](COP(=O)([O-])OP(=O)([O-])OP(=O)(O)O)O1. The Balaban J connectivity index is 0.000000211. The van der Waals surface area contributed by atoms with Crippen molar-refractivity contribution in [3.05, 3.63) is 85.5 Å². The van der Waals surface area contributed by atoms with Gasteiger partial charge in [-0.05, 0) is 35.0 Å². The number of aliphatic hydroxyl groups is 1. The molecule has 1 aliphatic rings. The molecular formula is C31H33N7O26P6S2-6. The third kappa shape index (κ3) is 17.9. The number of nitrogen functional groups attached to an aromatic ring is 2. The molecule has 2 aromatic heterocycles. The van der Waals surface area contributed by atoms with E-state index in [-0.39, 0.29) is 23.4 Å². The largest absolute Gasteiger partial charge is 0.778 e. The van der Waals surface area contributed by atoms with Gasteiger partial charge >= 0.3 is 15.6 Å². The Labute approximate surface area is 411 Å². The second-order valence-electron chi connectivity index (χ2n) is 13.7. The lowest BCUT2D eigenvalue weighted by Gasteiger charge is -2.31. The topological polar surface area (TPSA) is 522 Å². The van der Waals surface area contributed by atoms with Crippen LogP contribution in [0.1, 0.15) is 12.6 Å². The number of hydrogen-bond donors (Lipinski definition) is 7. The molecule has 7 rings (SSSR count). The Hall–Kier alpha value is -3.37. The Morgan fingerprint density at radius 1 is 0.736 bits per heavy atom. The number of ether oxygens (including phenoxy) is 1. The number of aromatic nitrogens is 4. The number of imidazole rings is 1. The molecule has 72 heavy (non-hydrogen) atoms. The summed E-state index contributed by atoms with van der Waals surface area (Å²) in [6.45, 7) is -0.424. The normalized spacial score (nSPS) is 20.2. The fourth-order valence-corrected chi connectivity index (χ4v) is 13.5. The van der Waals surface area contributed by atoms with Gasteiger partial charge in [0.15, 0.2) is 11.5 Å². The third-order valence-corrected chi connectivity index (χ3v) is 17.8. The predicted molar refractivity (Wildman–Crippen MR) is 235 cm³/mol. The number of fused-ring (bicyclic) bond motifs is 3. The maximum atomic E-state index is 12.1. The fourth-order valence-electron chi connectivity index (χ4n) is 6.01. The molecule has 3 heterocycles. The highest BCUT2D eigenvalue weighted by molar-refractivity contribution is 7.95. The molecule has 396 valence electrons. The molecular weight excluding hydrogens is 1140 g/mol. The fraction of sp³-hybridized carbons (Fsp3) is 0.194. The molecule has 6 unspecified atom stereocenters. The summed E-state index contributed by atoms with van der Waals surface area (Å²) in [4.78, 5) is 84.8. The van der Waals surface area contributed by atoms with Crippen LogP contribution in [0.25, 0.3) is 32.7 Å². The highest BCUT2D eigenvalue weighted by Gasteiger charge is 2.38. The van der Waals surface area contributed by atoms with Crippen molar-refractivity contribution in [2.24, 2.45) is 0 Å². The van der Waals surface area contributed by atoms with Crippen molar-refractivity contribution in [1.82, 2.24) is 19.5 Å². The van der Waals surface area contributed by atoms with E-state index in [0.29, 0.717) is 45.7 Å². The van der Waals surface area contributed by atoms with Crippen molar-refractivity contribution in [2.45, 2.75) is 34.6 Å². The van der Waals surface area contributed by atoms with E-state index in [0.717, 1.165) is 27.7 Å². The van der Waals surface area contributed by atoms with Gasteiger partial charge in [-0.3, -0.25) is 37.7 Å². The van der Waals surface area contributed by atoms with Gasteiger partial charge in [-0.15, -0.1) is 0 Å². The number of phosphoric ester groups is 1. The smallest absolute Gasteiger partial charge is 0.476 e. The molecule has 1 fully saturated rings. The minimum atomic E-state index is -5.95. The summed E-state index contributed by atoms with van der Waals surface area (Å²) in [5.41, 5.74) is 12.7. The third-order valence-electron chi connectivity index (χ3n) is 8.53. The van der Waals surface area contributed by atoms with Crippen LogP contribution in [-0.4, -0.2) is 64.8 Å². The van der Waals surface area contributed by atoms with Gasteiger partial charge in [0.05, 0.1) is 48.8 Å². The van der Waals surface area contributed by atoms with Gasteiger partial charge in [0.25, 0.3) is 23.5 Å². The summed E-state index contributed by atoms with van der Waals surface area (Å²) >= 11 is 1.46. The Morgan fingerprint density at radius 2 is 1.29 bits per heavy atom. The summed E-state index contributed by atoms with van der Waals surface area (Å²) in [6, 6.07) is 20.1. The van der Waals surface area contributed by atoms with Gasteiger partial charge in [-0.25, -0.2) is 37.0 Å². The molecule has 41 heteroatoms. The van der Waals surface area contributed by atoms with Crippen LogP contribution in [-0.2, 0) is 72.6 Å². The summed E-state index contributed by atoms with van der Waals surface area (Å²) < 4.78 is 102. The van der Waals surface area contributed by atoms with E-state index >= 15 is 0 Å². The van der Waals surface area contributed by atoms with Crippen LogP contribution >= 0.6 is 70.7 Å². The summed E-state index contributed by atoms with van der Waals surface area (Å²) in [7, 11) is -32.7. The second kappa shape index (κ2) is 25.0. The molecule has 0 spiro atoms. The van der Waals surface area contributed by atoms with E-state index in [1.165, 1.54) is 41.5 Å². The van der Waals surface area contributed by atoms with Crippen molar-refractivity contribution in [2.75, 3.05) is 29.8 Å². The van der Waals surface area contributed by atoms with Crippen molar-refractivity contribution >= 4 is 121 Å². The molecule has 0 amide bonds. The number of rotatable bonds is 20. The molecule has 9 N–H and O–H groups in total. The molecule has 0 bridgehead atoms. The number of nitrogens with two attached hydrogens (primary N) is 2. The molecule has 8 atom stereocenters. The zero-order valence-corrected chi connectivity index (χ0v) is 42.4. The van der Waals surface area contributed by atoms with Crippen molar-refractivity contribution in [1.29, 1.82) is 0 Å². The first kappa shape index (κ1) is 59.5. The van der Waals surface area contributed by atoms with Crippen LogP contribution in [0.4, 0.5) is 17.2 Å². The number of nitrogens with one attached hydrogen (secondary N) is 1.